The van der Waals surface area contributed by atoms with E-state index in [0.717, 1.165) is 16.3 Å². The molecule has 0 saturated carbocycles. The number of nitrogens with one attached hydrogen (secondary N) is 1. The minimum Gasteiger partial charge on any atom is -0.469 e. The lowest BCUT2D eigenvalue weighted by atomic mass is 10.1. The van der Waals surface area contributed by atoms with Crippen molar-refractivity contribution >= 4 is 28.9 Å². The zero-order chi connectivity index (χ0) is 18.4. The second-order valence-corrected chi connectivity index (χ2v) is 6.68. The van der Waals surface area contributed by atoms with Gasteiger partial charge in [-0.2, -0.15) is 0 Å². The Balaban J connectivity index is 1.48. The number of rotatable bonds is 7. The van der Waals surface area contributed by atoms with Crippen molar-refractivity contribution in [2.24, 2.45) is 0 Å². The van der Waals surface area contributed by atoms with Crippen molar-refractivity contribution in [3.8, 4) is 11.3 Å². The molecule has 0 aliphatic rings. The SMILES string of the molecule is Cc1nc(-c2cccc(NC(=O)COC(=O)CCc3ccco3)c2)cs1. The van der Waals surface area contributed by atoms with Crippen molar-refractivity contribution in [2.75, 3.05) is 11.9 Å². The number of esters is 1. The Morgan fingerprint density at radius 3 is 2.88 bits per heavy atom. The summed E-state index contributed by atoms with van der Waals surface area (Å²) in [5.41, 5.74) is 2.42. The maximum atomic E-state index is 12.0. The Kier molecular flexibility index (Phi) is 5.80. The zero-order valence-electron chi connectivity index (χ0n) is 14.2. The van der Waals surface area contributed by atoms with Crippen LogP contribution in [0.25, 0.3) is 11.3 Å². The van der Waals surface area contributed by atoms with Crippen molar-refractivity contribution < 1.29 is 18.7 Å². The van der Waals surface area contributed by atoms with Gasteiger partial charge in [0.15, 0.2) is 6.61 Å². The van der Waals surface area contributed by atoms with Gasteiger partial charge >= 0.3 is 5.97 Å². The lowest BCUT2D eigenvalue weighted by Gasteiger charge is -2.07. The fourth-order valence-corrected chi connectivity index (χ4v) is 2.97. The maximum Gasteiger partial charge on any atom is 0.306 e. The number of carbonyl (C=O) groups excluding carboxylic acids is 2. The molecule has 1 amide bonds. The number of carbonyl (C=O) groups is 2. The highest BCUT2D eigenvalue weighted by molar-refractivity contribution is 7.09. The third-order valence-corrected chi connectivity index (χ3v) is 4.35. The zero-order valence-corrected chi connectivity index (χ0v) is 15.0. The monoisotopic (exact) mass is 370 g/mol. The minimum atomic E-state index is -0.441. The van der Waals surface area contributed by atoms with Gasteiger partial charge in [-0.3, -0.25) is 9.59 Å². The van der Waals surface area contributed by atoms with Crippen LogP contribution in [0.2, 0.25) is 0 Å². The molecule has 0 radical (unpaired) electrons. The van der Waals surface area contributed by atoms with Gasteiger partial charge in [-0.05, 0) is 31.2 Å². The molecular formula is C19H18N2O4S. The van der Waals surface area contributed by atoms with Crippen molar-refractivity contribution in [2.45, 2.75) is 19.8 Å². The van der Waals surface area contributed by atoms with E-state index in [4.69, 9.17) is 9.15 Å². The Labute approximate surface area is 154 Å². The average molecular weight is 370 g/mol. The number of ether oxygens (including phenoxy) is 1. The molecule has 1 N–H and O–H groups in total. The number of aryl methyl sites for hydroxylation is 2. The molecule has 26 heavy (non-hydrogen) atoms. The van der Waals surface area contributed by atoms with Gasteiger partial charge < -0.3 is 14.5 Å². The summed E-state index contributed by atoms with van der Waals surface area (Å²) in [6.07, 6.45) is 2.16. The molecule has 7 heteroatoms. The third-order valence-electron chi connectivity index (χ3n) is 3.58. The molecule has 3 aromatic rings. The molecule has 0 unspecified atom stereocenters. The summed E-state index contributed by atoms with van der Waals surface area (Å²) in [5.74, 6) is -0.119. The number of furan rings is 1. The van der Waals surface area contributed by atoms with E-state index in [0.29, 0.717) is 17.9 Å². The predicted octanol–water partition coefficient (Wildman–Crippen LogP) is 3.83. The molecule has 0 bridgehead atoms. The molecule has 2 aromatic heterocycles. The van der Waals surface area contributed by atoms with Crippen molar-refractivity contribution in [3.63, 3.8) is 0 Å². The van der Waals surface area contributed by atoms with Crippen LogP contribution in [-0.2, 0) is 20.7 Å². The van der Waals surface area contributed by atoms with Gasteiger partial charge in [-0.15, -0.1) is 11.3 Å². The average Bonchev–Trinajstić information content (AvgIpc) is 3.30. The van der Waals surface area contributed by atoms with Gasteiger partial charge in [0, 0.05) is 23.1 Å². The van der Waals surface area contributed by atoms with Gasteiger partial charge in [-0.25, -0.2) is 4.98 Å². The van der Waals surface area contributed by atoms with E-state index >= 15 is 0 Å². The lowest BCUT2D eigenvalue weighted by molar-refractivity contribution is -0.147. The Bertz CT molecular complexity index is 887. The van der Waals surface area contributed by atoms with Crippen LogP contribution < -0.4 is 5.32 Å². The van der Waals surface area contributed by atoms with Gasteiger partial charge in [0.05, 0.1) is 23.4 Å². The molecule has 0 atom stereocenters. The molecule has 0 aliphatic heterocycles. The summed E-state index contributed by atoms with van der Waals surface area (Å²) in [5, 5.41) is 5.68. The number of anilines is 1. The highest BCUT2D eigenvalue weighted by atomic mass is 32.1. The quantitative estimate of drug-likeness (QED) is 0.639. The number of nitrogens with zero attached hydrogens (tertiary/aromatic N) is 1. The number of amides is 1. The van der Waals surface area contributed by atoms with Crippen molar-refractivity contribution in [1.29, 1.82) is 0 Å². The van der Waals surface area contributed by atoms with Crippen molar-refractivity contribution in [1.82, 2.24) is 4.98 Å². The maximum absolute atomic E-state index is 12.0. The molecule has 0 aliphatic carbocycles. The molecular weight excluding hydrogens is 352 g/mol. The van der Waals surface area contributed by atoms with E-state index in [9.17, 15) is 9.59 Å². The largest absolute Gasteiger partial charge is 0.469 e. The van der Waals surface area contributed by atoms with E-state index in [2.05, 4.69) is 10.3 Å². The van der Waals surface area contributed by atoms with Crippen LogP contribution in [0, 0.1) is 6.92 Å². The first kappa shape index (κ1) is 17.9. The van der Waals surface area contributed by atoms with E-state index in [1.807, 2.05) is 30.5 Å². The normalized spacial score (nSPS) is 10.5. The number of thiazole rings is 1. The topological polar surface area (TPSA) is 81.4 Å². The van der Waals surface area contributed by atoms with Crippen LogP contribution >= 0.6 is 11.3 Å². The van der Waals surface area contributed by atoms with Crippen LogP contribution in [0.15, 0.2) is 52.5 Å². The molecule has 2 heterocycles. The summed E-state index contributed by atoms with van der Waals surface area (Å²) >= 11 is 1.57. The Hall–Kier alpha value is -2.93. The molecule has 6 nitrogen and oxygen atoms in total. The van der Waals surface area contributed by atoms with Crippen LogP contribution in [0.3, 0.4) is 0 Å². The van der Waals surface area contributed by atoms with E-state index in [-0.39, 0.29) is 18.9 Å². The number of benzene rings is 1. The minimum absolute atomic E-state index is 0.166. The van der Waals surface area contributed by atoms with Crippen LogP contribution in [0.4, 0.5) is 5.69 Å². The number of aromatic nitrogens is 1. The highest BCUT2D eigenvalue weighted by Gasteiger charge is 2.10. The first-order valence-electron chi connectivity index (χ1n) is 8.10. The Morgan fingerprint density at radius 2 is 2.15 bits per heavy atom. The Morgan fingerprint density at radius 1 is 1.27 bits per heavy atom. The molecule has 1 aromatic carbocycles. The first-order valence-corrected chi connectivity index (χ1v) is 8.98. The highest BCUT2D eigenvalue weighted by Crippen LogP contribution is 2.24. The van der Waals surface area contributed by atoms with Gasteiger partial charge in [0.1, 0.15) is 5.76 Å². The van der Waals surface area contributed by atoms with Crippen LogP contribution in [0.5, 0.6) is 0 Å². The third kappa shape index (κ3) is 5.03. The summed E-state index contributed by atoms with van der Waals surface area (Å²) in [6.45, 7) is 1.62. The lowest BCUT2D eigenvalue weighted by Crippen LogP contribution is -2.21. The van der Waals surface area contributed by atoms with E-state index in [1.165, 1.54) is 0 Å². The summed E-state index contributed by atoms with van der Waals surface area (Å²) < 4.78 is 10.1. The number of hydrogen-bond donors (Lipinski definition) is 1. The van der Waals surface area contributed by atoms with Crippen LogP contribution in [-0.4, -0.2) is 23.5 Å². The fraction of sp³-hybridized carbons (Fsp3) is 0.211. The van der Waals surface area contributed by atoms with Crippen LogP contribution in [0.1, 0.15) is 17.2 Å². The molecule has 0 spiro atoms. The second kappa shape index (κ2) is 8.44. The van der Waals surface area contributed by atoms with Gasteiger partial charge in [-0.1, -0.05) is 12.1 Å². The van der Waals surface area contributed by atoms with E-state index in [1.54, 1.807) is 35.8 Å². The summed E-state index contributed by atoms with van der Waals surface area (Å²) in [7, 11) is 0. The standard InChI is InChI=1S/C19H18N2O4S/c1-13-20-17(12-26-13)14-4-2-5-15(10-14)21-18(22)11-25-19(23)8-7-16-6-3-9-24-16/h2-6,9-10,12H,7-8,11H2,1H3,(H,21,22). The predicted molar refractivity (Wildman–Crippen MR) is 98.9 cm³/mol. The molecule has 0 fully saturated rings. The van der Waals surface area contributed by atoms with Crippen molar-refractivity contribution in [3.05, 3.63) is 58.8 Å². The number of hydrogen-bond acceptors (Lipinski definition) is 6. The van der Waals surface area contributed by atoms with E-state index < -0.39 is 5.97 Å². The fourth-order valence-electron chi connectivity index (χ4n) is 2.35. The van der Waals surface area contributed by atoms with Gasteiger partial charge in [0.2, 0.25) is 0 Å². The molecule has 134 valence electrons. The molecule has 3 rings (SSSR count). The summed E-state index contributed by atoms with van der Waals surface area (Å²) in [4.78, 5) is 28.1. The second-order valence-electron chi connectivity index (χ2n) is 5.62. The first-order chi connectivity index (χ1) is 12.6. The smallest absolute Gasteiger partial charge is 0.306 e. The molecule has 0 saturated heterocycles. The summed E-state index contributed by atoms with van der Waals surface area (Å²) in [6, 6.07) is 10.9. The van der Waals surface area contributed by atoms with Gasteiger partial charge in [0.25, 0.3) is 5.91 Å².